The average molecular weight is 352 g/mol. The second-order valence-electron chi connectivity index (χ2n) is 7.43. The highest BCUT2D eigenvalue weighted by atomic mass is 16.5. The van der Waals surface area contributed by atoms with Gasteiger partial charge in [-0.2, -0.15) is 0 Å². The summed E-state index contributed by atoms with van der Waals surface area (Å²) in [4.78, 5) is 4.95. The molecule has 0 bridgehead atoms. The Morgan fingerprint density at radius 2 is 1.65 bits per heavy atom. The lowest BCUT2D eigenvalue weighted by atomic mass is 9.95. The van der Waals surface area contributed by atoms with E-state index < -0.39 is 0 Å². The molecule has 2 heterocycles. The maximum absolute atomic E-state index is 9.42. The van der Waals surface area contributed by atoms with Crippen LogP contribution in [0.3, 0.4) is 0 Å². The van der Waals surface area contributed by atoms with Crippen LogP contribution in [0, 0.1) is 0 Å². The van der Waals surface area contributed by atoms with Gasteiger partial charge in [-0.3, -0.25) is 4.90 Å². The van der Waals surface area contributed by atoms with E-state index in [1.807, 2.05) is 12.1 Å². The molecule has 2 saturated heterocycles. The SMILES string of the molecule is Oc1ccc(N2CCN(CC[C@H]3CC(c4ccccc4)CO3)CC2)cc1. The highest BCUT2D eigenvalue weighted by Gasteiger charge is 2.27. The van der Waals surface area contributed by atoms with Crippen molar-refractivity contribution >= 4 is 5.69 Å². The summed E-state index contributed by atoms with van der Waals surface area (Å²) in [6, 6.07) is 18.3. The summed E-state index contributed by atoms with van der Waals surface area (Å²) in [6.07, 6.45) is 2.68. The molecule has 0 saturated carbocycles. The van der Waals surface area contributed by atoms with Crippen LogP contribution in [0.5, 0.6) is 5.75 Å². The van der Waals surface area contributed by atoms with Gasteiger partial charge >= 0.3 is 0 Å². The highest BCUT2D eigenvalue weighted by Crippen LogP contribution is 2.30. The van der Waals surface area contributed by atoms with E-state index in [4.69, 9.17) is 4.74 Å². The molecule has 2 atom stereocenters. The molecule has 1 N–H and O–H groups in total. The van der Waals surface area contributed by atoms with E-state index in [1.165, 1.54) is 11.3 Å². The Morgan fingerprint density at radius 1 is 0.923 bits per heavy atom. The van der Waals surface area contributed by atoms with E-state index in [1.54, 1.807) is 12.1 Å². The fourth-order valence-electron chi connectivity index (χ4n) is 4.08. The van der Waals surface area contributed by atoms with Crippen LogP contribution in [0.15, 0.2) is 54.6 Å². The molecule has 4 rings (SSSR count). The molecule has 2 fully saturated rings. The van der Waals surface area contributed by atoms with Crippen LogP contribution in [0.1, 0.15) is 24.3 Å². The Bertz CT molecular complexity index is 681. The lowest BCUT2D eigenvalue weighted by molar-refractivity contribution is 0.0900. The minimum Gasteiger partial charge on any atom is -0.508 e. The monoisotopic (exact) mass is 352 g/mol. The molecule has 0 amide bonds. The van der Waals surface area contributed by atoms with Crippen LogP contribution in [0.2, 0.25) is 0 Å². The molecule has 0 aromatic heterocycles. The molecule has 4 heteroatoms. The lowest BCUT2D eigenvalue weighted by Crippen LogP contribution is -2.47. The smallest absolute Gasteiger partial charge is 0.115 e. The van der Waals surface area contributed by atoms with Crippen LogP contribution in [-0.2, 0) is 4.74 Å². The van der Waals surface area contributed by atoms with Gasteiger partial charge in [0.25, 0.3) is 0 Å². The first-order valence-electron chi connectivity index (χ1n) is 9.71. The van der Waals surface area contributed by atoms with Gasteiger partial charge in [0.05, 0.1) is 12.7 Å². The van der Waals surface area contributed by atoms with Gasteiger partial charge in [-0.1, -0.05) is 30.3 Å². The van der Waals surface area contributed by atoms with E-state index in [9.17, 15) is 5.11 Å². The largest absolute Gasteiger partial charge is 0.508 e. The Kier molecular flexibility index (Phi) is 5.42. The third kappa shape index (κ3) is 4.19. The summed E-state index contributed by atoms with van der Waals surface area (Å²) in [5, 5.41) is 9.42. The Morgan fingerprint density at radius 3 is 2.38 bits per heavy atom. The van der Waals surface area contributed by atoms with Crippen molar-refractivity contribution in [2.24, 2.45) is 0 Å². The molecule has 1 unspecified atom stereocenters. The Hall–Kier alpha value is -2.04. The quantitative estimate of drug-likeness (QED) is 0.894. The normalized spacial score (nSPS) is 24.1. The number of phenols is 1. The van der Waals surface area contributed by atoms with Crippen molar-refractivity contribution < 1.29 is 9.84 Å². The Labute approximate surface area is 156 Å². The van der Waals surface area contributed by atoms with Gasteiger partial charge in [-0.05, 0) is 42.7 Å². The van der Waals surface area contributed by atoms with E-state index in [0.717, 1.165) is 52.2 Å². The number of rotatable bonds is 5. The van der Waals surface area contributed by atoms with Crippen LogP contribution < -0.4 is 4.90 Å². The number of anilines is 1. The number of aromatic hydroxyl groups is 1. The van der Waals surface area contributed by atoms with Crippen molar-refractivity contribution in [3.8, 4) is 5.75 Å². The second-order valence-corrected chi connectivity index (χ2v) is 7.43. The maximum atomic E-state index is 9.42. The number of ether oxygens (including phenoxy) is 1. The van der Waals surface area contributed by atoms with Gasteiger partial charge in [0.1, 0.15) is 5.75 Å². The minimum absolute atomic E-state index is 0.331. The number of piperazine rings is 1. The molecule has 26 heavy (non-hydrogen) atoms. The summed E-state index contributed by atoms with van der Waals surface area (Å²) in [5.74, 6) is 0.894. The van der Waals surface area contributed by atoms with E-state index in [0.29, 0.717) is 17.8 Å². The topological polar surface area (TPSA) is 35.9 Å². The van der Waals surface area contributed by atoms with E-state index >= 15 is 0 Å². The highest BCUT2D eigenvalue weighted by molar-refractivity contribution is 5.49. The number of phenolic OH excluding ortho intramolecular Hbond substituents is 1. The predicted octanol–water partition coefficient (Wildman–Crippen LogP) is 3.48. The van der Waals surface area contributed by atoms with Gasteiger partial charge in [0.15, 0.2) is 0 Å². The average Bonchev–Trinajstić information content (AvgIpc) is 3.17. The van der Waals surface area contributed by atoms with Gasteiger partial charge in [-0.15, -0.1) is 0 Å². The number of hydrogen-bond donors (Lipinski definition) is 1. The lowest BCUT2D eigenvalue weighted by Gasteiger charge is -2.36. The van der Waals surface area contributed by atoms with Crippen molar-refractivity contribution in [2.75, 3.05) is 44.2 Å². The van der Waals surface area contributed by atoms with Gasteiger partial charge in [0.2, 0.25) is 0 Å². The molecular weight excluding hydrogens is 324 g/mol. The van der Waals surface area contributed by atoms with Crippen molar-refractivity contribution in [2.45, 2.75) is 24.9 Å². The molecule has 2 aromatic rings. The Balaban J connectivity index is 1.20. The van der Waals surface area contributed by atoms with Gasteiger partial charge < -0.3 is 14.7 Å². The van der Waals surface area contributed by atoms with Crippen LogP contribution in [0.4, 0.5) is 5.69 Å². The molecule has 0 aliphatic carbocycles. The molecule has 0 spiro atoms. The fraction of sp³-hybridized carbons (Fsp3) is 0.455. The number of benzene rings is 2. The zero-order chi connectivity index (χ0) is 17.8. The summed E-state index contributed by atoms with van der Waals surface area (Å²) < 4.78 is 6.05. The zero-order valence-corrected chi connectivity index (χ0v) is 15.3. The fourth-order valence-corrected chi connectivity index (χ4v) is 4.08. The molecule has 2 aliphatic rings. The van der Waals surface area contributed by atoms with Crippen LogP contribution in [0.25, 0.3) is 0 Å². The molecule has 2 aromatic carbocycles. The summed E-state index contributed by atoms with van der Waals surface area (Å²) in [6.45, 7) is 6.26. The summed E-state index contributed by atoms with van der Waals surface area (Å²) in [5.41, 5.74) is 2.62. The van der Waals surface area contributed by atoms with Gasteiger partial charge in [-0.25, -0.2) is 0 Å². The van der Waals surface area contributed by atoms with E-state index in [-0.39, 0.29) is 0 Å². The molecular formula is C22H28N2O2. The molecule has 4 nitrogen and oxygen atoms in total. The van der Waals surface area contributed by atoms with Crippen molar-refractivity contribution in [1.29, 1.82) is 0 Å². The van der Waals surface area contributed by atoms with Crippen molar-refractivity contribution in [1.82, 2.24) is 4.90 Å². The molecule has 138 valence electrons. The molecule has 0 radical (unpaired) electrons. The predicted molar refractivity (Wildman–Crippen MR) is 105 cm³/mol. The number of nitrogens with zero attached hydrogens (tertiary/aromatic N) is 2. The van der Waals surface area contributed by atoms with Gasteiger partial charge in [0, 0.05) is 44.3 Å². The van der Waals surface area contributed by atoms with Crippen molar-refractivity contribution in [3.63, 3.8) is 0 Å². The minimum atomic E-state index is 0.331. The zero-order valence-electron chi connectivity index (χ0n) is 15.3. The van der Waals surface area contributed by atoms with Crippen LogP contribution >= 0.6 is 0 Å². The first-order valence-corrected chi connectivity index (χ1v) is 9.71. The second kappa shape index (κ2) is 8.11. The molecule has 2 aliphatic heterocycles. The maximum Gasteiger partial charge on any atom is 0.115 e. The van der Waals surface area contributed by atoms with E-state index in [2.05, 4.69) is 40.1 Å². The summed E-state index contributed by atoms with van der Waals surface area (Å²) >= 11 is 0. The summed E-state index contributed by atoms with van der Waals surface area (Å²) in [7, 11) is 0. The first-order chi connectivity index (χ1) is 12.8. The van der Waals surface area contributed by atoms with Crippen LogP contribution in [-0.4, -0.2) is 55.4 Å². The number of hydrogen-bond acceptors (Lipinski definition) is 4. The standard InChI is InChI=1S/C22H28N2O2/c25-21-8-6-20(7-9-21)24-14-12-23(13-15-24)11-10-22-16-19(17-26-22)18-4-2-1-3-5-18/h1-9,19,22,25H,10-17H2/t19?,22-/m0/s1. The third-order valence-corrected chi connectivity index (χ3v) is 5.71. The third-order valence-electron chi connectivity index (χ3n) is 5.71. The van der Waals surface area contributed by atoms with Crippen molar-refractivity contribution in [3.05, 3.63) is 60.2 Å². The first kappa shape index (κ1) is 17.4.